The Morgan fingerprint density at radius 2 is 2.17 bits per heavy atom. The Morgan fingerprint density at radius 3 is 2.75 bits per heavy atom. The zero-order valence-electron chi connectivity index (χ0n) is 8.63. The van der Waals surface area contributed by atoms with Crippen molar-refractivity contribution in [3.05, 3.63) is 11.6 Å². The lowest BCUT2D eigenvalue weighted by atomic mass is 9.80. The van der Waals surface area contributed by atoms with E-state index < -0.39 is 0 Å². The first-order chi connectivity index (χ1) is 5.66. The van der Waals surface area contributed by atoms with Crippen LogP contribution in [-0.4, -0.2) is 12.7 Å². The van der Waals surface area contributed by atoms with Crippen LogP contribution in [0.25, 0.3) is 0 Å². The maximum absolute atomic E-state index is 5.71. The van der Waals surface area contributed by atoms with Crippen molar-refractivity contribution in [3.63, 3.8) is 0 Å². The molecule has 0 aromatic rings. The molecule has 3 atom stereocenters. The third kappa shape index (κ3) is 1.89. The zero-order valence-corrected chi connectivity index (χ0v) is 8.63. The second kappa shape index (κ2) is 4.08. The molecule has 3 unspecified atom stereocenters. The molecule has 12 heavy (non-hydrogen) atoms. The Labute approximate surface area is 75.8 Å². The van der Waals surface area contributed by atoms with Crippen molar-refractivity contribution in [3.8, 4) is 0 Å². The van der Waals surface area contributed by atoms with Gasteiger partial charge in [0, 0.05) is 6.61 Å². The van der Waals surface area contributed by atoms with Crippen LogP contribution in [0.3, 0.4) is 0 Å². The van der Waals surface area contributed by atoms with E-state index >= 15 is 0 Å². The fourth-order valence-electron chi connectivity index (χ4n) is 1.88. The molecule has 0 aliphatic heterocycles. The molecule has 1 aliphatic rings. The molecule has 1 aliphatic carbocycles. The Morgan fingerprint density at radius 1 is 1.50 bits per heavy atom. The fraction of sp³-hybridized carbons (Fsp3) is 0.818. The third-order valence-corrected chi connectivity index (χ3v) is 2.98. The molecular formula is C11H20O. The minimum atomic E-state index is 0.374. The molecule has 70 valence electrons. The van der Waals surface area contributed by atoms with Gasteiger partial charge in [-0.15, -0.1) is 0 Å². The lowest BCUT2D eigenvalue weighted by molar-refractivity contribution is 0.0275. The molecule has 0 aromatic carbocycles. The summed E-state index contributed by atoms with van der Waals surface area (Å²) in [5.41, 5.74) is 1.42. The van der Waals surface area contributed by atoms with Crippen LogP contribution in [-0.2, 0) is 4.74 Å². The Balaban J connectivity index is 2.66. The first kappa shape index (κ1) is 9.79. The van der Waals surface area contributed by atoms with E-state index in [1.165, 1.54) is 12.0 Å². The van der Waals surface area contributed by atoms with Gasteiger partial charge in [0.05, 0.1) is 6.10 Å². The quantitative estimate of drug-likeness (QED) is 0.576. The average Bonchev–Trinajstić information content (AvgIpc) is 2.06. The summed E-state index contributed by atoms with van der Waals surface area (Å²) in [6.45, 7) is 9.68. The highest BCUT2D eigenvalue weighted by molar-refractivity contribution is 5.11. The Hall–Kier alpha value is -0.300. The largest absolute Gasteiger partial charge is 0.374 e. The SMILES string of the molecule is CCOC1C(C)=CCC(C)C1C. The zero-order chi connectivity index (χ0) is 9.14. The lowest BCUT2D eigenvalue weighted by Crippen LogP contribution is -2.31. The summed E-state index contributed by atoms with van der Waals surface area (Å²) in [5, 5.41) is 0. The van der Waals surface area contributed by atoms with Gasteiger partial charge in [0.1, 0.15) is 0 Å². The van der Waals surface area contributed by atoms with Gasteiger partial charge in [-0.2, -0.15) is 0 Å². The highest BCUT2D eigenvalue weighted by Gasteiger charge is 2.27. The van der Waals surface area contributed by atoms with Crippen LogP contribution in [0.1, 0.15) is 34.1 Å². The van der Waals surface area contributed by atoms with E-state index in [0.29, 0.717) is 12.0 Å². The molecule has 1 rings (SSSR count). The van der Waals surface area contributed by atoms with Crippen molar-refractivity contribution in [2.75, 3.05) is 6.61 Å². The fourth-order valence-corrected chi connectivity index (χ4v) is 1.88. The van der Waals surface area contributed by atoms with E-state index in [2.05, 4.69) is 33.8 Å². The predicted molar refractivity (Wildman–Crippen MR) is 52.1 cm³/mol. The molecule has 0 fully saturated rings. The summed E-state index contributed by atoms with van der Waals surface area (Å²) in [5.74, 6) is 1.44. The van der Waals surface area contributed by atoms with E-state index in [4.69, 9.17) is 4.74 Å². The van der Waals surface area contributed by atoms with Gasteiger partial charge in [0.2, 0.25) is 0 Å². The van der Waals surface area contributed by atoms with E-state index in [-0.39, 0.29) is 0 Å². The van der Waals surface area contributed by atoms with E-state index in [1.54, 1.807) is 0 Å². The molecule has 0 spiro atoms. The monoisotopic (exact) mass is 168 g/mol. The van der Waals surface area contributed by atoms with E-state index in [1.807, 2.05) is 0 Å². The van der Waals surface area contributed by atoms with Gasteiger partial charge in [-0.25, -0.2) is 0 Å². The minimum Gasteiger partial charge on any atom is -0.374 e. The number of hydrogen-bond acceptors (Lipinski definition) is 1. The topological polar surface area (TPSA) is 9.23 Å². The second-order valence-electron chi connectivity index (χ2n) is 3.90. The van der Waals surface area contributed by atoms with Gasteiger partial charge < -0.3 is 4.74 Å². The van der Waals surface area contributed by atoms with Gasteiger partial charge in [0.25, 0.3) is 0 Å². The number of ether oxygens (including phenoxy) is 1. The van der Waals surface area contributed by atoms with Gasteiger partial charge >= 0.3 is 0 Å². The normalized spacial score (nSPS) is 36.3. The van der Waals surface area contributed by atoms with Crippen molar-refractivity contribution in [1.29, 1.82) is 0 Å². The molecule has 0 radical (unpaired) electrons. The molecule has 0 bridgehead atoms. The molecule has 0 heterocycles. The smallest absolute Gasteiger partial charge is 0.0810 e. The first-order valence-corrected chi connectivity index (χ1v) is 4.95. The first-order valence-electron chi connectivity index (χ1n) is 4.95. The summed E-state index contributed by atoms with van der Waals surface area (Å²) in [6.07, 6.45) is 3.92. The summed E-state index contributed by atoms with van der Waals surface area (Å²) in [4.78, 5) is 0. The van der Waals surface area contributed by atoms with Crippen LogP contribution in [0.15, 0.2) is 11.6 Å². The molecule has 0 aromatic heterocycles. The summed E-state index contributed by atoms with van der Waals surface area (Å²) >= 11 is 0. The lowest BCUT2D eigenvalue weighted by Gasteiger charge is -2.33. The van der Waals surface area contributed by atoms with Gasteiger partial charge in [0.15, 0.2) is 0 Å². The van der Waals surface area contributed by atoms with Crippen LogP contribution in [0, 0.1) is 11.8 Å². The molecule has 0 saturated carbocycles. The van der Waals surface area contributed by atoms with Crippen LogP contribution >= 0.6 is 0 Å². The molecule has 0 amide bonds. The van der Waals surface area contributed by atoms with Crippen LogP contribution in [0.2, 0.25) is 0 Å². The highest BCUT2D eigenvalue weighted by atomic mass is 16.5. The van der Waals surface area contributed by atoms with Crippen LogP contribution in [0.4, 0.5) is 0 Å². The molecule has 0 saturated heterocycles. The maximum atomic E-state index is 5.71. The van der Waals surface area contributed by atoms with Crippen molar-refractivity contribution in [1.82, 2.24) is 0 Å². The maximum Gasteiger partial charge on any atom is 0.0810 e. The minimum absolute atomic E-state index is 0.374. The Kier molecular flexibility index (Phi) is 3.33. The average molecular weight is 168 g/mol. The third-order valence-electron chi connectivity index (χ3n) is 2.98. The number of allylic oxidation sites excluding steroid dienone is 1. The molecule has 1 heteroatoms. The summed E-state index contributed by atoms with van der Waals surface area (Å²) < 4.78 is 5.71. The van der Waals surface area contributed by atoms with Crippen molar-refractivity contribution >= 4 is 0 Å². The second-order valence-corrected chi connectivity index (χ2v) is 3.90. The number of rotatable bonds is 2. The van der Waals surface area contributed by atoms with E-state index in [9.17, 15) is 0 Å². The van der Waals surface area contributed by atoms with Crippen LogP contribution in [0.5, 0.6) is 0 Å². The summed E-state index contributed by atoms with van der Waals surface area (Å²) in [7, 11) is 0. The Bertz CT molecular complexity index is 172. The van der Waals surface area contributed by atoms with Gasteiger partial charge in [-0.1, -0.05) is 19.9 Å². The standard InChI is InChI=1S/C11H20O/c1-5-12-11-9(3)7-6-8(2)10(11)4/h7-8,10-11H,5-6H2,1-4H3. The van der Waals surface area contributed by atoms with Crippen molar-refractivity contribution in [2.45, 2.75) is 40.2 Å². The predicted octanol–water partition coefficient (Wildman–Crippen LogP) is 3.01. The van der Waals surface area contributed by atoms with Crippen LogP contribution < -0.4 is 0 Å². The van der Waals surface area contributed by atoms with Gasteiger partial charge in [-0.05, 0) is 37.7 Å². The molecule has 1 nitrogen and oxygen atoms in total. The molecule has 0 N–H and O–H groups in total. The van der Waals surface area contributed by atoms with Crippen molar-refractivity contribution < 1.29 is 4.74 Å². The highest BCUT2D eigenvalue weighted by Crippen LogP contribution is 2.31. The van der Waals surface area contributed by atoms with E-state index in [0.717, 1.165) is 12.5 Å². The summed E-state index contributed by atoms with van der Waals surface area (Å²) in [6, 6.07) is 0. The van der Waals surface area contributed by atoms with Crippen molar-refractivity contribution in [2.24, 2.45) is 11.8 Å². The number of hydrogen-bond donors (Lipinski definition) is 0. The van der Waals surface area contributed by atoms with Gasteiger partial charge in [-0.3, -0.25) is 0 Å². The molecular weight excluding hydrogens is 148 g/mol.